The third kappa shape index (κ3) is 2.12. The molecular formula is C9H15N3. The van der Waals surface area contributed by atoms with Crippen molar-refractivity contribution in [2.75, 3.05) is 0 Å². The standard InChI is InChI=1S/C9H15N3/c1-7(2)11-8(3)9-5-12(4)6-10-9/h5-7,11H,3H2,1-2,4H3. The molecule has 0 saturated heterocycles. The Labute approximate surface area is 73.1 Å². The van der Waals surface area contributed by atoms with Gasteiger partial charge in [-0.05, 0) is 13.8 Å². The van der Waals surface area contributed by atoms with Crippen molar-refractivity contribution in [1.82, 2.24) is 14.9 Å². The summed E-state index contributed by atoms with van der Waals surface area (Å²) in [5.41, 5.74) is 1.79. The molecule has 1 rings (SSSR count). The molecule has 1 aromatic heterocycles. The summed E-state index contributed by atoms with van der Waals surface area (Å²) in [5, 5.41) is 3.20. The lowest BCUT2D eigenvalue weighted by molar-refractivity contribution is 0.716. The Kier molecular flexibility index (Phi) is 2.53. The predicted octanol–water partition coefficient (Wildman–Crippen LogP) is 1.39. The molecular weight excluding hydrogens is 150 g/mol. The minimum atomic E-state index is 0.402. The lowest BCUT2D eigenvalue weighted by Crippen LogP contribution is -2.20. The van der Waals surface area contributed by atoms with Crippen LogP contribution in [0.1, 0.15) is 19.5 Å². The molecule has 0 aliphatic rings. The molecule has 0 radical (unpaired) electrons. The van der Waals surface area contributed by atoms with E-state index in [1.54, 1.807) is 6.33 Å². The van der Waals surface area contributed by atoms with Crippen molar-refractivity contribution in [3.63, 3.8) is 0 Å². The third-order valence-electron chi connectivity index (χ3n) is 1.48. The number of nitrogens with one attached hydrogen (secondary N) is 1. The fraction of sp³-hybridized carbons (Fsp3) is 0.444. The molecule has 0 amide bonds. The fourth-order valence-corrected chi connectivity index (χ4v) is 0.991. The lowest BCUT2D eigenvalue weighted by Gasteiger charge is -2.09. The van der Waals surface area contributed by atoms with E-state index in [2.05, 4.69) is 30.7 Å². The SMILES string of the molecule is C=C(NC(C)C)c1cn(C)cn1. The minimum absolute atomic E-state index is 0.402. The van der Waals surface area contributed by atoms with E-state index in [1.807, 2.05) is 17.8 Å². The molecule has 0 aliphatic heterocycles. The first-order chi connectivity index (χ1) is 5.59. The largest absolute Gasteiger partial charge is 0.382 e. The number of rotatable bonds is 3. The third-order valence-corrected chi connectivity index (χ3v) is 1.48. The van der Waals surface area contributed by atoms with Crippen LogP contribution in [0.15, 0.2) is 19.1 Å². The zero-order valence-corrected chi connectivity index (χ0v) is 7.83. The molecule has 66 valence electrons. The van der Waals surface area contributed by atoms with E-state index in [1.165, 1.54) is 0 Å². The van der Waals surface area contributed by atoms with Crippen LogP contribution < -0.4 is 5.32 Å². The molecule has 1 N–H and O–H groups in total. The van der Waals surface area contributed by atoms with Gasteiger partial charge >= 0.3 is 0 Å². The molecule has 0 unspecified atom stereocenters. The monoisotopic (exact) mass is 165 g/mol. The highest BCUT2D eigenvalue weighted by Gasteiger charge is 2.02. The van der Waals surface area contributed by atoms with Crippen LogP contribution in [0.2, 0.25) is 0 Å². The summed E-state index contributed by atoms with van der Waals surface area (Å²) in [6.07, 6.45) is 3.71. The Morgan fingerprint density at radius 1 is 1.67 bits per heavy atom. The van der Waals surface area contributed by atoms with Crippen LogP contribution in [0.5, 0.6) is 0 Å². The van der Waals surface area contributed by atoms with E-state index in [0.29, 0.717) is 6.04 Å². The molecule has 0 saturated carbocycles. The smallest absolute Gasteiger partial charge is 0.103 e. The quantitative estimate of drug-likeness (QED) is 0.733. The molecule has 1 aromatic rings. The summed E-state index contributed by atoms with van der Waals surface area (Å²) >= 11 is 0. The van der Waals surface area contributed by atoms with Crippen molar-refractivity contribution in [2.24, 2.45) is 7.05 Å². The fourth-order valence-electron chi connectivity index (χ4n) is 0.991. The summed E-state index contributed by atoms with van der Waals surface area (Å²) in [5.74, 6) is 0. The van der Waals surface area contributed by atoms with Crippen LogP contribution in [0.3, 0.4) is 0 Å². The van der Waals surface area contributed by atoms with Crippen LogP contribution in [-0.4, -0.2) is 15.6 Å². The molecule has 0 aliphatic carbocycles. The van der Waals surface area contributed by atoms with Crippen molar-refractivity contribution in [2.45, 2.75) is 19.9 Å². The van der Waals surface area contributed by atoms with Crippen LogP contribution in [-0.2, 0) is 7.05 Å². The first-order valence-corrected chi connectivity index (χ1v) is 4.03. The molecule has 0 bridgehead atoms. The van der Waals surface area contributed by atoms with E-state index in [-0.39, 0.29) is 0 Å². The molecule has 3 nitrogen and oxygen atoms in total. The van der Waals surface area contributed by atoms with E-state index in [9.17, 15) is 0 Å². The van der Waals surface area contributed by atoms with Crippen molar-refractivity contribution < 1.29 is 0 Å². The Morgan fingerprint density at radius 3 is 2.75 bits per heavy atom. The second-order valence-corrected chi connectivity index (χ2v) is 3.20. The zero-order chi connectivity index (χ0) is 9.14. The van der Waals surface area contributed by atoms with Gasteiger partial charge in [0.05, 0.1) is 12.0 Å². The molecule has 3 heteroatoms. The molecule has 1 heterocycles. The van der Waals surface area contributed by atoms with E-state index in [0.717, 1.165) is 11.4 Å². The van der Waals surface area contributed by atoms with Crippen LogP contribution in [0, 0.1) is 0 Å². The maximum Gasteiger partial charge on any atom is 0.103 e. The van der Waals surface area contributed by atoms with Gasteiger partial charge in [0.2, 0.25) is 0 Å². The second-order valence-electron chi connectivity index (χ2n) is 3.20. The predicted molar refractivity (Wildman–Crippen MR) is 50.5 cm³/mol. The summed E-state index contributed by atoms with van der Waals surface area (Å²) in [6.45, 7) is 8.05. The summed E-state index contributed by atoms with van der Waals surface area (Å²) in [4.78, 5) is 4.17. The van der Waals surface area contributed by atoms with Gasteiger partial charge in [0, 0.05) is 19.3 Å². The van der Waals surface area contributed by atoms with Gasteiger partial charge in [0.15, 0.2) is 0 Å². The average molecular weight is 165 g/mol. The number of hydrogen-bond donors (Lipinski definition) is 1. The van der Waals surface area contributed by atoms with Crippen molar-refractivity contribution in [1.29, 1.82) is 0 Å². The van der Waals surface area contributed by atoms with Gasteiger partial charge in [0.1, 0.15) is 5.69 Å². The van der Waals surface area contributed by atoms with E-state index < -0.39 is 0 Å². The van der Waals surface area contributed by atoms with Gasteiger partial charge in [-0.3, -0.25) is 0 Å². The Balaban J connectivity index is 2.65. The van der Waals surface area contributed by atoms with Crippen LogP contribution in [0.25, 0.3) is 5.70 Å². The number of nitrogens with zero attached hydrogens (tertiary/aromatic N) is 2. The van der Waals surface area contributed by atoms with E-state index >= 15 is 0 Å². The summed E-state index contributed by atoms with van der Waals surface area (Å²) in [6, 6.07) is 0.402. The van der Waals surface area contributed by atoms with Gasteiger partial charge in [0.25, 0.3) is 0 Å². The van der Waals surface area contributed by atoms with Gasteiger partial charge in [-0.1, -0.05) is 6.58 Å². The average Bonchev–Trinajstić information content (AvgIpc) is 2.34. The lowest BCUT2D eigenvalue weighted by atomic mass is 10.3. The number of imidazole rings is 1. The molecule has 0 spiro atoms. The maximum absolute atomic E-state index is 4.17. The van der Waals surface area contributed by atoms with Crippen molar-refractivity contribution in [3.05, 3.63) is 24.8 Å². The van der Waals surface area contributed by atoms with Crippen molar-refractivity contribution >= 4 is 5.70 Å². The highest BCUT2D eigenvalue weighted by molar-refractivity contribution is 5.57. The highest BCUT2D eigenvalue weighted by atomic mass is 15.0. The maximum atomic E-state index is 4.17. The number of hydrogen-bond acceptors (Lipinski definition) is 2. The Morgan fingerprint density at radius 2 is 2.33 bits per heavy atom. The highest BCUT2D eigenvalue weighted by Crippen LogP contribution is 2.05. The van der Waals surface area contributed by atoms with Gasteiger partial charge < -0.3 is 9.88 Å². The van der Waals surface area contributed by atoms with Gasteiger partial charge in [-0.2, -0.15) is 0 Å². The molecule has 12 heavy (non-hydrogen) atoms. The van der Waals surface area contributed by atoms with Gasteiger partial charge in [-0.25, -0.2) is 4.98 Å². The van der Waals surface area contributed by atoms with E-state index in [4.69, 9.17) is 0 Å². The number of aryl methyl sites for hydroxylation is 1. The topological polar surface area (TPSA) is 29.9 Å². The minimum Gasteiger partial charge on any atom is -0.382 e. The second kappa shape index (κ2) is 3.43. The van der Waals surface area contributed by atoms with Crippen LogP contribution >= 0.6 is 0 Å². The van der Waals surface area contributed by atoms with Crippen molar-refractivity contribution in [3.8, 4) is 0 Å². The molecule has 0 fully saturated rings. The molecule has 0 atom stereocenters. The summed E-state index contributed by atoms with van der Waals surface area (Å²) in [7, 11) is 1.94. The van der Waals surface area contributed by atoms with Gasteiger partial charge in [-0.15, -0.1) is 0 Å². The summed E-state index contributed by atoms with van der Waals surface area (Å²) < 4.78 is 1.91. The zero-order valence-electron chi connectivity index (χ0n) is 7.83. The first-order valence-electron chi connectivity index (χ1n) is 4.03. The Bertz CT molecular complexity index is 273. The van der Waals surface area contributed by atoms with Crippen LogP contribution in [0.4, 0.5) is 0 Å². The Hall–Kier alpha value is -1.25. The normalized spacial score (nSPS) is 10.3. The first kappa shape index (κ1) is 8.84. The number of aromatic nitrogens is 2. The molecule has 0 aromatic carbocycles.